The Bertz CT molecular complexity index is 957. The van der Waals surface area contributed by atoms with E-state index >= 15 is 0 Å². The minimum atomic E-state index is -0.433. The number of carbonyl (C=O) groups excluding carboxylic acids is 2. The van der Waals surface area contributed by atoms with E-state index in [1.165, 1.54) is 0 Å². The number of para-hydroxylation sites is 1. The van der Waals surface area contributed by atoms with Crippen molar-refractivity contribution in [2.45, 2.75) is 19.0 Å². The van der Waals surface area contributed by atoms with Gasteiger partial charge in [-0.05, 0) is 17.7 Å². The summed E-state index contributed by atoms with van der Waals surface area (Å²) in [5.41, 5.74) is 2.69. The van der Waals surface area contributed by atoms with Crippen LogP contribution in [0.3, 0.4) is 0 Å². The molecule has 140 valence electrons. The van der Waals surface area contributed by atoms with Crippen molar-refractivity contribution >= 4 is 50.2 Å². The van der Waals surface area contributed by atoms with Gasteiger partial charge in [0.2, 0.25) is 11.8 Å². The number of fused-ring (bicyclic) bond motifs is 1. The van der Waals surface area contributed by atoms with E-state index < -0.39 is 6.04 Å². The summed E-state index contributed by atoms with van der Waals surface area (Å²) in [4.78, 5) is 27.6. The number of hydrogen-bond acceptors (Lipinski definition) is 2. The molecule has 2 amide bonds. The van der Waals surface area contributed by atoms with Crippen molar-refractivity contribution in [2.24, 2.45) is 0 Å². The largest absolute Gasteiger partial charge is 0.361 e. The first kappa shape index (κ1) is 19.5. The Kier molecular flexibility index (Phi) is 6.53. The monoisotopic (exact) mass is 447 g/mol. The summed E-state index contributed by atoms with van der Waals surface area (Å²) in [5.74, 6) is -0.343. The Balaban J connectivity index is 1.74. The molecule has 0 saturated carbocycles. The van der Waals surface area contributed by atoms with Crippen molar-refractivity contribution in [3.8, 4) is 0 Å². The molecule has 0 bridgehead atoms. The maximum absolute atomic E-state index is 12.5. The fourth-order valence-corrected chi connectivity index (χ4v) is 3.31. The molecule has 2 aromatic carbocycles. The van der Waals surface area contributed by atoms with Crippen LogP contribution in [0, 0.1) is 0 Å². The molecule has 0 fully saturated rings. The molecule has 0 radical (unpaired) electrons. The Morgan fingerprint density at radius 3 is 2.59 bits per heavy atom. The van der Waals surface area contributed by atoms with Gasteiger partial charge < -0.3 is 15.6 Å². The van der Waals surface area contributed by atoms with Crippen LogP contribution in [0.2, 0.25) is 5.02 Å². The number of aromatic nitrogens is 1. The highest BCUT2D eigenvalue weighted by Crippen LogP contribution is 2.26. The topological polar surface area (TPSA) is 74.0 Å². The second-order valence-electron chi connectivity index (χ2n) is 6.12. The molecule has 27 heavy (non-hydrogen) atoms. The maximum Gasteiger partial charge on any atom is 0.231 e. The van der Waals surface area contributed by atoms with Gasteiger partial charge in [-0.2, -0.15) is 0 Å². The number of benzene rings is 2. The number of nitrogens with one attached hydrogen (secondary N) is 3. The minimum Gasteiger partial charge on any atom is -0.361 e. The molecule has 1 unspecified atom stereocenters. The van der Waals surface area contributed by atoms with Gasteiger partial charge in [-0.1, -0.05) is 63.9 Å². The van der Waals surface area contributed by atoms with Gasteiger partial charge in [-0.25, -0.2) is 0 Å². The normalized spacial score (nSPS) is 11.9. The predicted octanol–water partition coefficient (Wildman–Crippen LogP) is 4.08. The number of halogens is 2. The smallest absolute Gasteiger partial charge is 0.231 e. The lowest BCUT2D eigenvalue weighted by atomic mass is 10.0. The van der Waals surface area contributed by atoms with E-state index in [1.54, 1.807) is 6.07 Å². The first-order chi connectivity index (χ1) is 13.1. The van der Waals surface area contributed by atoms with Gasteiger partial charge in [-0.15, -0.1) is 0 Å². The maximum atomic E-state index is 12.5. The Morgan fingerprint density at radius 2 is 1.81 bits per heavy atom. The molecule has 3 aromatic rings. The van der Waals surface area contributed by atoms with Crippen LogP contribution in [-0.4, -0.2) is 22.1 Å². The number of alkyl halides is 1. The summed E-state index contributed by atoms with van der Waals surface area (Å²) in [6.45, 7) is 0.339. The third-order valence-electron chi connectivity index (χ3n) is 4.28. The first-order valence-corrected chi connectivity index (χ1v) is 10.00. The van der Waals surface area contributed by atoms with Crippen LogP contribution < -0.4 is 10.6 Å². The lowest BCUT2D eigenvalue weighted by Crippen LogP contribution is -2.34. The van der Waals surface area contributed by atoms with Crippen LogP contribution in [0.25, 0.3) is 10.9 Å². The van der Waals surface area contributed by atoms with Crippen LogP contribution in [0.4, 0.5) is 0 Å². The lowest BCUT2D eigenvalue weighted by Gasteiger charge is -2.18. The van der Waals surface area contributed by atoms with E-state index in [2.05, 4.69) is 31.5 Å². The zero-order valence-electron chi connectivity index (χ0n) is 14.5. The molecule has 0 aliphatic heterocycles. The van der Waals surface area contributed by atoms with Gasteiger partial charge in [0.05, 0.1) is 17.8 Å². The molecule has 0 spiro atoms. The van der Waals surface area contributed by atoms with Crippen LogP contribution in [0.5, 0.6) is 0 Å². The SMILES string of the molecule is O=C(CC(NC(=O)CBr)c1c[nH]c2ccccc12)NCc1ccccc1Cl. The summed E-state index contributed by atoms with van der Waals surface area (Å²) >= 11 is 9.29. The number of aromatic amines is 1. The molecule has 0 aliphatic carbocycles. The van der Waals surface area contributed by atoms with Gasteiger partial charge in [0.1, 0.15) is 0 Å². The fourth-order valence-electron chi connectivity index (χ4n) is 2.95. The molecule has 0 aliphatic rings. The summed E-state index contributed by atoms with van der Waals surface area (Å²) in [6, 6.07) is 14.7. The molecule has 3 N–H and O–H groups in total. The van der Waals surface area contributed by atoms with Crippen molar-refractivity contribution < 1.29 is 9.59 Å². The minimum absolute atomic E-state index is 0.130. The molecule has 1 heterocycles. The number of H-pyrrole nitrogens is 1. The molecule has 3 rings (SSSR count). The van der Waals surface area contributed by atoms with Crippen molar-refractivity contribution in [2.75, 3.05) is 5.33 Å². The standard InChI is InChI=1S/C20H19BrClN3O2/c21-10-20(27)25-18(15-12-23-17-8-4-2-6-14(15)17)9-19(26)24-11-13-5-1-3-7-16(13)22/h1-8,12,18,23H,9-11H2,(H,24,26)(H,25,27). The van der Waals surface area contributed by atoms with E-state index in [-0.39, 0.29) is 23.6 Å². The average Bonchev–Trinajstić information content (AvgIpc) is 3.11. The van der Waals surface area contributed by atoms with E-state index in [0.29, 0.717) is 11.6 Å². The molecule has 1 atom stereocenters. The van der Waals surface area contributed by atoms with Crippen LogP contribution in [0.1, 0.15) is 23.6 Å². The summed E-state index contributed by atoms with van der Waals surface area (Å²) in [5, 5.41) is 7.55. The molecule has 0 saturated heterocycles. The average molecular weight is 449 g/mol. The van der Waals surface area contributed by atoms with Gasteiger partial charge >= 0.3 is 0 Å². The molecular weight excluding hydrogens is 430 g/mol. The molecular formula is C20H19BrClN3O2. The van der Waals surface area contributed by atoms with Crippen molar-refractivity contribution in [3.05, 3.63) is 70.9 Å². The summed E-state index contributed by atoms with van der Waals surface area (Å²) in [7, 11) is 0. The Labute approximate surface area is 170 Å². The van der Waals surface area contributed by atoms with Crippen LogP contribution in [-0.2, 0) is 16.1 Å². The third kappa shape index (κ3) is 4.90. The van der Waals surface area contributed by atoms with E-state index in [0.717, 1.165) is 22.0 Å². The van der Waals surface area contributed by atoms with E-state index in [1.807, 2.05) is 48.7 Å². The molecule has 1 aromatic heterocycles. The number of rotatable bonds is 7. The quantitative estimate of drug-likeness (QED) is 0.477. The zero-order chi connectivity index (χ0) is 19.2. The Morgan fingerprint density at radius 1 is 1.07 bits per heavy atom. The Hall–Kier alpha value is -2.31. The number of hydrogen-bond donors (Lipinski definition) is 3. The predicted molar refractivity (Wildman–Crippen MR) is 111 cm³/mol. The van der Waals surface area contributed by atoms with Crippen molar-refractivity contribution in [3.63, 3.8) is 0 Å². The second kappa shape index (κ2) is 9.06. The highest BCUT2D eigenvalue weighted by atomic mass is 79.9. The van der Waals surface area contributed by atoms with Gasteiger partial charge in [0, 0.05) is 34.2 Å². The summed E-state index contributed by atoms with van der Waals surface area (Å²) < 4.78 is 0. The van der Waals surface area contributed by atoms with Gasteiger partial charge in [-0.3, -0.25) is 9.59 Å². The fraction of sp³-hybridized carbons (Fsp3) is 0.200. The molecule has 7 heteroatoms. The van der Waals surface area contributed by atoms with Gasteiger partial charge in [0.25, 0.3) is 0 Å². The van der Waals surface area contributed by atoms with Crippen molar-refractivity contribution in [1.29, 1.82) is 0 Å². The summed E-state index contributed by atoms with van der Waals surface area (Å²) in [6.07, 6.45) is 1.97. The third-order valence-corrected chi connectivity index (χ3v) is 5.15. The first-order valence-electron chi connectivity index (χ1n) is 8.50. The van der Waals surface area contributed by atoms with Crippen molar-refractivity contribution in [1.82, 2.24) is 15.6 Å². The highest BCUT2D eigenvalue weighted by molar-refractivity contribution is 9.09. The van der Waals surface area contributed by atoms with Gasteiger partial charge in [0.15, 0.2) is 0 Å². The van der Waals surface area contributed by atoms with Crippen LogP contribution >= 0.6 is 27.5 Å². The van der Waals surface area contributed by atoms with E-state index in [9.17, 15) is 9.59 Å². The number of carbonyl (C=O) groups is 2. The highest BCUT2D eigenvalue weighted by Gasteiger charge is 2.21. The lowest BCUT2D eigenvalue weighted by molar-refractivity contribution is -0.122. The second-order valence-corrected chi connectivity index (χ2v) is 7.08. The zero-order valence-corrected chi connectivity index (χ0v) is 16.8. The van der Waals surface area contributed by atoms with E-state index in [4.69, 9.17) is 11.6 Å². The van der Waals surface area contributed by atoms with Crippen LogP contribution in [0.15, 0.2) is 54.7 Å². The number of amides is 2. The molecule has 5 nitrogen and oxygen atoms in total.